The monoisotopic (exact) mass is 318 g/mol. The van der Waals surface area contributed by atoms with E-state index in [9.17, 15) is 17.6 Å². The van der Waals surface area contributed by atoms with Gasteiger partial charge in [-0.2, -0.15) is 13.2 Å². The van der Waals surface area contributed by atoms with Gasteiger partial charge in [0.1, 0.15) is 5.82 Å². The lowest BCUT2D eigenvalue weighted by Crippen LogP contribution is -2.45. The van der Waals surface area contributed by atoms with Crippen LogP contribution in [0.15, 0.2) is 18.2 Å². The molecule has 1 aliphatic heterocycles. The van der Waals surface area contributed by atoms with Gasteiger partial charge in [0.25, 0.3) is 0 Å². The second-order valence-electron chi connectivity index (χ2n) is 5.68. The van der Waals surface area contributed by atoms with E-state index >= 15 is 0 Å². The van der Waals surface area contributed by atoms with Crippen LogP contribution in [0.2, 0.25) is 0 Å². The first kappa shape index (κ1) is 17.2. The van der Waals surface area contributed by atoms with Gasteiger partial charge in [-0.25, -0.2) is 4.39 Å². The lowest BCUT2D eigenvalue weighted by molar-refractivity contribution is -0.137. The molecule has 1 aromatic rings. The van der Waals surface area contributed by atoms with Crippen LogP contribution in [0.1, 0.15) is 43.4 Å². The van der Waals surface area contributed by atoms with E-state index < -0.39 is 17.6 Å². The minimum atomic E-state index is -4.44. The molecule has 124 valence electrons. The van der Waals surface area contributed by atoms with Crippen LogP contribution in [0.3, 0.4) is 0 Å². The molecular formula is C16H22F4N2. The Morgan fingerprint density at radius 1 is 1.23 bits per heavy atom. The number of unbranched alkanes of at least 4 members (excludes halogenated alkanes) is 1. The van der Waals surface area contributed by atoms with Crippen LogP contribution in [0.25, 0.3) is 0 Å². The normalized spacial score (nSPS) is 18.4. The van der Waals surface area contributed by atoms with Crippen molar-refractivity contribution in [2.75, 3.05) is 26.2 Å². The fraction of sp³-hybridized carbons (Fsp3) is 0.625. The lowest BCUT2D eigenvalue weighted by atomic mass is 9.96. The zero-order valence-corrected chi connectivity index (χ0v) is 12.7. The number of halogens is 4. The number of piperazine rings is 1. The summed E-state index contributed by atoms with van der Waals surface area (Å²) in [5.41, 5.74) is -0.606. The van der Waals surface area contributed by atoms with Crippen LogP contribution in [0.5, 0.6) is 0 Å². The molecule has 1 atom stereocenters. The first-order valence-corrected chi connectivity index (χ1v) is 7.75. The number of alkyl halides is 3. The van der Waals surface area contributed by atoms with Crippen LogP contribution >= 0.6 is 0 Å². The third kappa shape index (κ3) is 4.20. The topological polar surface area (TPSA) is 15.3 Å². The van der Waals surface area contributed by atoms with Crippen LogP contribution in [-0.4, -0.2) is 31.1 Å². The van der Waals surface area contributed by atoms with Gasteiger partial charge in [0.05, 0.1) is 5.56 Å². The molecule has 0 saturated carbocycles. The molecule has 2 rings (SSSR count). The Balaban J connectivity index is 2.32. The molecule has 1 saturated heterocycles. The summed E-state index contributed by atoms with van der Waals surface area (Å²) in [6.07, 6.45) is -1.97. The van der Waals surface area contributed by atoms with Gasteiger partial charge in [-0.15, -0.1) is 0 Å². The number of nitrogens with zero attached hydrogens (tertiary/aromatic N) is 1. The maximum atomic E-state index is 14.2. The maximum Gasteiger partial charge on any atom is 0.416 e. The summed E-state index contributed by atoms with van der Waals surface area (Å²) < 4.78 is 52.9. The minimum Gasteiger partial charge on any atom is -0.314 e. The summed E-state index contributed by atoms with van der Waals surface area (Å²) in [6.45, 7) is 5.04. The van der Waals surface area contributed by atoms with E-state index in [1.165, 1.54) is 0 Å². The Hall–Kier alpha value is -1.14. The van der Waals surface area contributed by atoms with Crippen LogP contribution in [0, 0.1) is 5.82 Å². The number of hydrogen-bond donors (Lipinski definition) is 1. The Labute approximate surface area is 128 Å². The predicted octanol–water partition coefficient (Wildman–Crippen LogP) is 3.98. The molecule has 0 aliphatic carbocycles. The molecule has 1 N–H and O–H groups in total. The second-order valence-corrected chi connectivity index (χ2v) is 5.68. The molecule has 22 heavy (non-hydrogen) atoms. The van der Waals surface area contributed by atoms with Gasteiger partial charge in [-0.3, -0.25) is 4.90 Å². The van der Waals surface area contributed by atoms with Crippen molar-refractivity contribution in [1.29, 1.82) is 0 Å². The van der Waals surface area contributed by atoms with Crippen LogP contribution in [0.4, 0.5) is 17.6 Å². The van der Waals surface area contributed by atoms with Gasteiger partial charge >= 0.3 is 6.18 Å². The van der Waals surface area contributed by atoms with Crippen molar-refractivity contribution in [1.82, 2.24) is 10.2 Å². The lowest BCUT2D eigenvalue weighted by Gasteiger charge is -2.35. The molecule has 1 aromatic carbocycles. The Kier molecular flexibility index (Phi) is 5.81. The Morgan fingerprint density at radius 2 is 1.91 bits per heavy atom. The summed E-state index contributed by atoms with van der Waals surface area (Å²) in [5, 5.41) is 3.21. The van der Waals surface area contributed by atoms with Crippen molar-refractivity contribution >= 4 is 0 Å². The van der Waals surface area contributed by atoms with E-state index in [1.807, 2.05) is 6.92 Å². The molecule has 0 spiro atoms. The number of nitrogens with one attached hydrogen (secondary N) is 1. The summed E-state index contributed by atoms with van der Waals surface area (Å²) >= 11 is 0. The molecule has 0 radical (unpaired) electrons. The fourth-order valence-corrected chi connectivity index (χ4v) is 2.90. The first-order chi connectivity index (χ1) is 10.4. The van der Waals surface area contributed by atoms with Gasteiger partial charge < -0.3 is 5.32 Å². The van der Waals surface area contributed by atoms with Gasteiger partial charge in [0.15, 0.2) is 0 Å². The Bertz CT molecular complexity index is 482. The summed E-state index contributed by atoms with van der Waals surface area (Å²) in [5.74, 6) is -0.548. The van der Waals surface area contributed by atoms with E-state index in [0.29, 0.717) is 6.42 Å². The van der Waals surface area contributed by atoms with Crippen LogP contribution < -0.4 is 5.32 Å². The summed E-state index contributed by atoms with van der Waals surface area (Å²) in [6, 6.07) is 2.45. The SMILES string of the molecule is CCCC[C@H](c1cc(C(F)(F)F)ccc1F)N1CCNCC1. The largest absolute Gasteiger partial charge is 0.416 e. The van der Waals surface area contributed by atoms with Crippen molar-refractivity contribution in [2.24, 2.45) is 0 Å². The number of rotatable bonds is 5. The molecule has 6 heteroatoms. The molecule has 0 amide bonds. The van der Waals surface area contributed by atoms with Gasteiger partial charge in [-0.05, 0) is 24.6 Å². The highest BCUT2D eigenvalue weighted by Gasteiger charge is 2.33. The molecule has 1 heterocycles. The van der Waals surface area contributed by atoms with E-state index in [4.69, 9.17) is 0 Å². The molecule has 2 nitrogen and oxygen atoms in total. The first-order valence-electron chi connectivity index (χ1n) is 7.75. The highest BCUT2D eigenvalue weighted by Crippen LogP contribution is 2.35. The predicted molar refractivity (Wildman–Crippen MR) is 78.1 cm³/mol. The van der Waals surface area contributed by atoms with Crippen molar-refractivity contribution in [3.63, 3.8) is 0 Å². The maximum absolute atomic E-state index is 14.2. The van der Waals surface area contributed by atoms with Gasteiger partial charge in [-0.1, -0.05) is 19.8 Å². The van der Waals surface area contributed by atoms with E-state index in [2.05, 4.69) is 10.2 Å². The van der Waals surface area contributed by atoms with Crippen molar-refractivity contribution in [3.8, 4) is 0 Å². The van der Waals surface area contributed by atoms with Gasteiger partial charge in [0, 0.05) is 37.8 Å². The highest BCUT2D eigenvalue weighted by atomic mass is 19.4. The second kappa shape index (κ2) is 7.42. The van der Waals surface area contributed by atoms with Crippen molar-refractivity contribution < 1.29 is 17.6 Å². The fourth-order valence-electron chi connectivity index (χ4n) is 2.90. The Morgan fingerprint density at radius 3 is 2.50 bits per heavy atom. The molecule has 1 fully saturated rings. The number of benzene rings is 1. The van der Waals surface area contributed by atoms with E-state index in [-0.39, 0.29) is 11.6 Å². The van der Waals surface area contributed by atoms with Crippen LogP contribution in [-0.2, 0) is 6.18 Å². The van der Waals surface area contributed by atoms with E-state index in [1.54, 1.807) is 0 Å². The summed E-state index contributed by atoms with van der Waals surface area (Å²) in [7, 11) is 0. The van der Waals surface area contributed by atoms with Crippen molar-refractivity contribution in [2.45, 2.75) is 38.4 Å². The quantitative estimate of drug-likeness (QED) is 0.826. The minimum absolute atomic E-state index is 0.171. The van der Waals surface area contributed by atoms with Crippen molar-refractivity contribution in [3.05, 3.63) is 35.1 Å². The zero-order chi connectivity index (χ0) is 16.2. The third-order valence-corrected chi connectivity index (χ3v) is 4.11. The smallest absolute Gasteiger partial charge is 0.314 e. The number of hydrogen-bond acceptors (Lipinski definition) is 2. The average Bonchev–Trinajstić information content (AvgIpc) is 2.49. The third-order valence-electron chi connectivity index (χ3n) is 4.11. The zero-order valence-electron chi connectivity index (χ0n) is 12.7. The highest BCUT2D eigenvalue weighted by molar-refractivity contribution is 5.29. The average molecular weight is 318 g/mol. The molecule has 0 unspecified atom stereocenters. The molecule has 0 aromatic heterocycles. The summed E-state index contributed by atoms with van der Waals surface area (Å²) in [4.78, 5) is 2.09. The molecule has 1 aliphatic rings. The molecule has 0 bridgehead atoms. The standard InChI is InChI=1S/C16H22F4N2/c1-2-3-4-15(22-9-7-21-8-10-22)13-11-12(16(18,19)20)5-6-14(13)17/h5-6,11,15,21H,2-4,7-10H2,1H3/t15-/m1/s1. The molecular weight excluding hydrogens is 296 g/mol. The van der Waals surface area contributed by atoms with E-state index in [0.717, 1.165) is 57.2 Å². The van der Waals surface area contributed by atoms with Gasteiger partial charge in [0.2, 0.25) is 0 Å².